The molecule has 0 saturated heterocycles. The highest BCUT2D eigenvalue weighted by molar-refractivity contribution is 9.10. The number of pyridine rings is 1. The average Bonchev–Trinajstić information content (AvgIpc) is 2.89. The summed E-state index contributed by atoms with van der Waals surface area (Å²) >= 11 is 3.57. The van der Waals surface area contributed by atoms with E-state index >= 15 is 0 Å². The van der Waals surface area contributed by atoms with Gasteiger partial charge in [0.15, 0.2) is 0 Å². The molecule has 0 aliphatic rings. The summed E-state index contributed by atoms with van der Waals surface area (Å²) in [6.07, 6.45) is 5.62. The summed E-state index contributed by atoms with van der Waals surface area (Å²) in [5.74, 6) is 0.840. The summed E-state index contributed by atoms with van der Waals surface area (Å²) < 4.78 is 2.99. The first kappa shape index (κ1) is 13.1. The lowest BCUT2D eigenvalue weighted by Crippen LogP contribution is -2.00. The Balaban J connectivity index is 2.00. The van der Waals surface area contributed by atoms with Crippen molar-refractivity contribution in [3.63, 3.8) is 0 Å². The number of hydrogen-bond donors (Lipinski definition) is 1. The zero-order chi connectivity index (χ0) is 14.1. The zero-order valence-electron chi connectivity index (χ0n) is 11.3. The highest BCUT2D eigenvalue weighted by Gasteiger charge is 2.07. The van der Waals surface area contributed by atoms with Crippen molar-refractivity contribution in [3.05, 3.63) is 47.3 Å². The highest BCUT2D eigenvalue weighted by atomic mass is 79.9. The molecule has 0 amide bonds. The van der Waals surface area contributed by atoms with Crippen molar-refractivity contribution in [2.24, 2.45) is 0 Å². The molecular formula is C15H15BrN4. The second-order valence-corrected chi connectivity index (χ2v) is 5.78. The van der Waals surface area contributed by atoms with E-state index in [1.807, 2.05) is 41.5 Å². The van der Waals surface area contributed by atoms with Crippen LogP contribution in [-0.2, 0) is 0 Å². The van der Waals surface area contributed by atoms with E-state index in [1.54, 1.807) is 0 Å². The maximum absolute atomic E-state index is 4.43. The molecule has 1 N–H and O–H groups in total. The van der Waals surface area contributed by atoms with E-state index < -0.39 is 0 Å². The minimum Gasteiger partial charge on any atom is -0.337 e. The van der Waals surface area contributed by atoms with Crippen LogP contribution in [0.3, 0.4) is 0 Å². The molecule has 0 bridgehead atoms. The molecule has 0 aliphatic carbocycles. The van der Waals surface area contributed by atoms with E-state index in [2.05, 4.69) is 51.2 Å². The molecule has 0 saturated carbocycles. The predicted octanol–water partition coefficient (Wildman–Crippen LogP) is 4.52. The first-order valence-electron chi connectivity index (χ1n) is 6.49. The summed E-state index contributed by atoms with van der Waals surface area (Å²) in [7, 11) is 0. The third kappa shape index (κ3) is 2.41. The standard InChI is InChI=1S/C15H15BrN4/c1-10(2)20-9-11(8-18-20)19-15-13-4-3-5-14(16)12(13)6-7-17-15/h3-10H,1-2H3,(H,17,19). The molecule has 5 heteroatoms. The van der Waals surface area contributed by atoms with Crippen molar-refractivity contribution < 1.29 is 0 Å². The summed E-state index contributed by atoms with van der Waals surface area (Å²) in [5.41, 5.74) is 0.943. The topological polar surface area (TPSA) is 42.7 Å². The van der Waals surface area contributed by atoms with Crippen LogP contribution in [0, 0.1) is 0 Å². The molecule has 0 fully saturated rings. The molecule has 102 valence electrons. The highest BCUT2D eigenvalue weighted by Crippen LogP contribution is 2.29. The first-order valence-corrected chi connectivity index (χ1v) is 7.29. The normalized spacial score (nSPS) is 11.2. The fourth-order valence-corrected chi connectivity index (χ4v) is 2.59. The predicted molar refractivity (Wildman–Crippen MR) is 85.3 cm³/mol. The van der Waals surface area contributed by atoms with Crippen molar-refractivity contribution in [2.75, 3.05) is 5.32 Å². The molecule has 0 radical (unpaired) electrons. The maximum atomic E-state index is 4.43. The van der Waals surface area contributed by atoms with Crippen molar-refractivity contribution in [1.82, 2.24) is 14.8 Å². The monoisotopic (exact) mass is 330 g/mol. The fourth-order valence-electron chi connectivity index (χ4n) is 2.09. The van der Waals surface area contributed by atoms with Crippen LogP contribution in [0.2, 0.25) is 0 Å². The largest absolute Gasteiger partial charge is 0.337 e. The van der Waals surface area contributed by atoms with Gasteiger partial charge in [0.2, 0.25) is 0 Å². The number of hydrogen-bond acceptors (Lipinski definition) is 3. The van der Waals surface area contributed by atoms with Gasteiger partial charge in [0, 0.05) is 33.7 Å². The summed E-state index contributed by atoms with van der Waals surface area (Å²) in [6.45, 7) is 4.20. The van der Waals surface area contributed by atoms with Crippen molar-refractivity contribution in [1.29, 1.82) is 0 Å². The van der Waals surface area contributed by atoms with E-state index in [1.165, 1.54) is 0 Å². The quantitative estimate of drug-likeness (QED) is 0.767. The molecule has 20 heavy (non-hydrogen) atoms. The molecule has 2 heterocycles. The second kappa shape index (κ2) is 5.25. The lowest BCUT2D eigenvalue weighted by Gasteiger charge is -2.08. The Morgan fingerprint density at radius 3 is 2.80 bits per heavy atom. The third-order valence-electron chi connectivity index (χ3n) is 3.15. The molecule has 0 spiro atoms. The third-order valence-corrected chi connectivity index (χ3v) is 3.84. The first-order chi connectivity index (χ1) is 9.65. The smallest absolute Gasteiger partial charge is 0.138 e. The number of benzene rings is 1. The van der Waals surface area contributed by atoms with Crippen LogP contribution < -0.4 is 5.32 Å². The Kier molecular flexibility index (Phi) is 3.44. The molecule has 0 aliphatic heterocycles. The van der Waals surface area contributed by atoms with Gasteiger partial charge in [-0.2, -0.15) is 5.10 Å². The number of anilines is 2. The number of halogens is 1. The van der Waals surface area contributed by atoms with Crippen molar-refractivity contribution in [2.45, 2.75) is 19.9 Å². The number of aromatic nitrogens is 3. The molecule has 3 rings (SSSR count). The molecule has 0 atom stereocenters. The molecule has 3 aromatic rings. The van der Waals surface area contributed by atoms with Gasteiger partial charge in [0.05, 0.1) is 11.9 Å². The van der Waals surface area contributed by atoms with Crippen LogP contribution in [0.25, 0.3) is 10.8 Å². The zero-order valence-corrected chi connectivity index (χ0v) is 12.9. The van der Waals surface area contributed by atoms with E-state index in [4.69, 9.17) is 0 Å². The van der Waals surface area contributed by atoms with E-state index in [-0.39, 0.29) is 0 Å². The maximum Gasteiger partial charge on any atom is 0.138 e. The van der Waals surface area contributed by atoms with Gasteiger partial charge in [-0.15, -0.1) is 0 Å². The number of nitrogens with zero attached hydrogens (tertiary/aromatic N) is 3. The number of rotatable bonds is 3. The van der Waals surface area contributed by atoms with Gasteiger partial charge >= 0.3 is 0 Å². The Bertz CT molecular complexity index is 748. The van der Waals surface area contributed by atoms with Gasteiger partial charge in [-0.3, -0.25) is 4.68 Å². The van der Waals surface area contributed by atoms with Gasteiger partial charge in [-0.05, 0) is 26.0 Å². The lowest BCUT2D eigenvalue weighted by atomic mass is 10.1. The molecule has 4 nitrogen and oxygen atoms in total. The van der Waals surface area contributed by atoms with E-state index in [0.717, 1.165) is 26.8 Å². The molecule has 2 aromatic heterocycles. The van der Waals surface area contributed by atoms with Gasteiger partial charge in [-0.1, -0.05) is 28.1 Å². The van der Waals surface area contributed by atoms with Crippen LogP contribution in [0.5, 0.6) is 0 Å². The number of nitrogens with one attached hydrogen (secondary N) is 1. The van der Waals surface area contributed by atoms with Gasteiger partial charge in [0.1, 0.15) is 5.82 Å². The Morgan fingerprint density at radius 2 is 2.05 bits per heavy atom. The average molecular weight is 331 g/mol. The molecular weight excluding hydrogens is 316 g/mol. The van der Waals surface area contributed by atoms with Gasteiger partial charge < -0.3 is 5.32 Å². The van der Waals surface area contributed by atoms with Crippen LogP contribution in [-0.4, -0.2) is 14.8 Å². The van der Waals surface area contributed by atoms with E-state index in [9.17, 15) is 0 Å². The summed E-state index contributed by atoms with van der Waals surface area (Å²) in [4.78, 5) is 4.43. The Hall–Kier alpha value is -1.88. The molecule has 0 unspecified atom stereocenters. The molecule has 1 aromatic carbocycles. The summed E-state index contributed by atoms with van der Waals surface area (Å²) in [5, 5.41) is 9.88. The van der Waals surface area contributed by atoms with Gasteiger partial charge in [0.25, 0.3) is 0 Å². The van der Waals surface area contributed by atoms with Gasteiger partial charge in [-0.25, -0.2) is 4.98 Å². The second-order valence-electron chi connectivity index (χ2n) is 4.92. The minimum absolute atomic E-state index is 0.347. The Labute approximate surface area is 126 Å². The van der Waals surface area contributed by atoms with Crippen molar-refractivity contribution in [3.8, 4) is 0 Å². The van der Waals surface area contributed by atoms with Crippen LogP contribution >= 0.6 is 15.9 Å². The SMILES string of the molecule is CC(C)n1cc(Nc2nccc3c(Br)cccc23)cn1. The van der Waals surface area contributed by atoms with Crippen LogP contribution in [0.4, 0.5) is 11.5 Å². The number of fused-ring (bicyclic) bond motifs is 1. The minimum atomic E-state index is 0.347. The van der Waals surface area contributed by atoms with Crippen molar-refractivity contribution >= 4 is 38.2 Å². The lowest BCUT2D eigenvalue weighted by molar-refractivity contribution is 0.532. The Morgan fingerprint density at radius 1 is 1.20 bits per heavy atom. The van der Waals surface area contributed by atoms with Crippen LogP contribution in [0.15, 0.2) is 47.3 Å². The van der Waals surface area contributed by atoms with Crippen LogP contribution in [0.1, 0.15) is 19.9 Å². The summed E-state index contributed by atoms with van der Waals surface area (Å²) in [6, 6.07) is 8.45. The fraction of sp³-hybridized carbons (Fsp3) is 0.200. The van der Waals surface area contributed by atoms with E-state index in [0.29, 0.717) is 6.04 Å².